The molecule has 0 bridgehead atoms. The maximum Gasteiger partial charge on any atom is 0.360 e. The summed E-state index contributed by atoms with van der Waals surface area (Å²) in [6.07, 6.45) is 2.54. The van der Waals surface area contributed by atoms with Gasteiger partial charge in [0.2, 0.25) is 5.91 Å². The van der Waals surface area contributed by atoms with Gasteiger partial charge in [0, 0.05) is 13.1 Å². The molecule has 0 N–H and O–H groups in total. The molecule has 19 heavy (non-hydrogen) atoms. The minimum absolute atomic E-state index is 0.0184. The summed E-state index contributed by atoms with van der Waals surface area (Å²) >= 11 is 0. The van der Waals surface area contributed by atoms with E-state index in [4.69, 9.17) is 0 Å². The van der Waals surface area contributed by atoms with Crippen molar-refractivity contribution in [2.24, 2.45) is 0 Å². The maximum atomic E-state index is 11.9. The molecule has 1 aromatic heterocycles. The number of carbonyl (C=O) groups is 2. The highest BCUT2D eigenvalue weighted by Crippen LogP contribution is 2.12. The maximum absolute atomic E-state index is 11.9. The molecule has 0 atom stereocenters. The van der Waals surface area contributed by atoms with Crippen molar-refractivity contribution in [2.45, 2.75) is 32.7 Å². The summed E-state index contributed by atoms with van der Waals surface area (Å²) in [4.78, 5) is 25.3. The van der Waals surface area contributed by atoms with Crippen LogP contribution >= 0.6 is 0 Å². The number of methoxy groups -OCH3 is 1. The van der Waals surface area contributed by atoms with E-state index in [0.29, 0.717) is 12.1 Å². The predicted molar refractivity (Wildman–Crippen MR) is 66.6 cm³/mol. The van der Waals surface area contributed by atoms with E-state index in [-0.39, 0.29) is 18.1 Å². The SMILES string of the molecule is CCCc1c(C(=O)OC)nnn1CC(=O)N1CCC1. The third kappa shape index (κ3) is 2.74. The summed E-state index contributed by atoms with van der Waals surface area (Å²) < 4.78 is 6.18. The summed E-state index contributed by atoms with van der Waals surface area (Å²) in [5, 5.41) is 7.73. The van der Waals surface area contributed by atoms with E-state index in [0.717, 1.165) is 25.9 Å². The largest absolute Gasteiger partial charge is 0.464 e. The van der Waals surface area contributed by atoms with Crippen LogP contribution in [0.25, 0.3) is 0 Å². The van der Waals surface area contributed by atoms with E-state index in [1.165, 1.54) is 11.8 Å². The third-order valence-electron chi connectivity index (χ3n) is 3.20. The van der Waals surface area contributed by atoms with Gasteiger partial charge in [0.1, 0.15) is 6.54 Å². The van der Waals surface area contributed by atoms with Crippen LogP contribution in [0.5, 0.6) is 0 Å². The Morgan fingerprint density at radius 3 is 2.63 bits per heavy atom. The quantitative estimate of drug-likeness (QED) is 0.714. The number of nitrogens with zero attached hydrogens (tertiary/aromatic N) is 4. The molecule has 0 saturated carbocycles. The molecule has 104 valence electrons. The predicted octanol–water partition coefficient (Wildman–Crippen LogP) is 0.249. The van der Waals surface area contributed by atoms with Crippen LogP contribution in [-0.4, -0.2) is 52.0 Å². The van der Waals surface area contributed by atoms with Gasteiger partial charge in [-0.3, -0.25) is 4.79 Å². The van der Waals surface area contributed by atoms with Gasteiger partial charge in [-0.1, -0.05) is 18.6 Å². The topological polar surface area (TPSA) is 77.3 Å². The number of esters is 1. The van der Waals surface area contributed by atoms with E-state index >= 15 is 0 Å². The van der Waals surface area contributed by atoms with Crippen molar-refractivity contribution in [3.05, 3.63) is 11.4 Å². The lowest BCUT2D eigenvalue weighted by Crippen LogP contribution is -2.44. The van der Waals surface area contributed by atoms with Crippen LogP contribution in [0.15, 0.2) is 0 Å². The van der Waals surface area contributed by atoms with E-state index < -0.39 is 5.97 Å². The Bertz CT molecular complexity index is 479. The van der Waals surface area contributed by atoms with Crippen molar-refractivity contribution in [1.82, 2.24) is 19.9 Å². The lowest BCUT2D eigenvalue weighted by molar-refractivity contribution is -0.135. The average Bonchev–Trinajstić information content (AvgIpc) is 2.70. The number of hydrogen-bond donors (Lipinski definition) is 0. The van der Waals surface area contributed by atoms with Gasteiger partial charge >= 0.3 is 5.97 Å². The molecule has 0 unspecified atom stereocenters. The van der Waals surface area contributed by atoms with Crippen LogP contribution in [-0.2, 0) is 22.5 Å². The summed E-state index contributed by atoms with van der Waals surface area (Å²) in [6.45, 7) is 3.75. The number of rotatable bonds is 5. The summed E-state index contributed by atoms with van der Waals surface area (Å²) in [5.74, 6) is -0.490. The number of carbonyl (C=O) groups excluding carboxylic acids is 2. The molecule has 2 heterocycles. The Morgan fingerprint density at radius 1 is 1.37 bits per heavy atom. The molecule has 1 amide bonds. The lowest BCUT2D eigenvalue weighted by Gasteiger charge is -2.30. The summed E-state index contributed by atoms with van der Waals surface area (Å²) in [6, 6.07) is 0. The fourth-order valence-electron chi connectivity index (χ4n) is 1.99. The number of ether oxygens (including phenoxy) is 1. The van der Waals surface area contributed by atoms with Gasteiger partial charge < -0.3 is 9.64 Å². The Labute approximate surface area is 111 Å². The normalized spacial score (nSPS) is 14.1. The standard InChI is InChI=1S/C12H18N4O3/c1-3-5-9-11(12(18)19-2)13-14-16(9)8-10(17)15-6-4-7-15/h3-8H2,1-2H3. The van der Waals surface area contributed by atoms with Gasteiger partial charge in [-0.25, -0.2) is 9.48 Å². The van der Waals surface area contributed by atoms with Crippen molar-refractivity contribution < 1.29 is 14.3 Å². The Hall–Kier alpha value is -1.92. The summed E-state index contributed by atoms with van der Waals surface area (Å²) in [7, 11) is 1.31. The highest BCUT2D eigenvalue weighted by atomic mass is 16.5. The van der Waals surface area contributed by atoms with Gasteiger partial charge in [-0.2, -0.15) is 0 Å². The van der Waals surface area contributed by atoms with E-state index in [2.05, 4.69) is 15.0 Å². The second-order valence-electron chi connectivity index (χ2n) is 4.52. The summed E-state index contributed by atoms with van der Waals surface area (Å²) in [5.41, 5.74) is 0.879. The van der Waals surface area contributed by atoms with Gasteiger partial charge in [0.05, 0.1) is 12.8 Å². The molecule has 1 aromatic rings. The Kier molecular flexibility index (Phi) is 4.13. The highest BCUT2D eigenvalue weighted by Gasteiger charge is 2.24. The smallest absolute Gasteiger partial charge is 0.360 e. The first-order valence-electron chi connectivity index (χ1n) is 6.45. The van der Waals surface area contributed by atoms with Gasteiger partial charge in [-0.05, 0) is 12.8 Å². The van der Waals surface area contributed by atoms with Crippen molar-refractivity contribution in [2.75, 3.05) is 20.2 Å². The molecular formula is C12H18N4O3. The van der Waals surface area contributed by atoms with E-state index in [1.807, 2.05) is 6.92 Å². The zero-order valence-electron chi connectivity index (χ0n) is 11.3. The van der Waals surface area contributed by atoms with E-state index in [1.54, 1.807) is 4.90 Å². The second kappa shape index (κ2) is 5.81. The molecule has 2 rings (SSSR count). The third-order valence-corrected chi connectivity index (χ3v) is 3.20. The van der Waals surface area contributed by atoms with Crippen molar-refractivity contribution >= 4 is 11.9 Å². The minimum Gasteiger partial charge on any atom is -0.464 e. The average molecular weight is 266 g/mol. The van der Waals surface area contributed by atoms with E-state index in [9.17, 15) is 9.59 Å². The van der Waals surface area contributed by atoms with Gasteiger partial charge in [0.25, 0.3) is 0 Å². The molecule has 7 nitrogen and oxygen atoms in total. The minimum atomic E-state index is -0.508. The molecule has 0 aliphatic carbocycles. The highest BCUT2D eigenvalue weighted by molar-refractivity contribution is 5.88. The fourth-order valence-corrected chi connectivity index (χ4v) is 1.99. The van der Waals surface area contributed by atoms with Crippen LogP contribution in [0.2, 0.25) is 0 Å². The van der Waals surface area contributed by atoms with Crippen LogP contribution in [0.1, 0.15) is 35.9 Å². The molecule has 0 aromatic carbocycles. The molecule has 0 radical (unpaired) electrons. The molecular weight excluding hydrogens is 248 g/mol. The zero-order valence-corrected chi connectivity index (χ0v) is 11.3. The fraction of sp³-hybridized carbons (Fsp3) is 0.667. The molecule has 1 fully saturated rings. The number of aromatic nitrogens is 3. The van der Waals surface area contributed by atoms with Crippen LogP contribution in [0.3, 0.4) is 0 Å². The van der Waals surface area contributed by atoms with Gasteiger partial charge in [-0.15, -0.1) is 5.10 Å². The van der Waals surface area contributed by atoms with Crippen LogP contribution in [0, 0.1) is 0 Å². The van der Waals surface area contributed by atoms with Crippen LogP contribution in [0.4, 0.5) is 0 Å². The number of amides is 1. The monoisotopic (exact) mass is 266 g/mol. The number of hydrogen-bond acceptors (Lipinski definition) is 5. The van der Waals surface area contributed by atoms with Crippen molar-refractivity contribution in [3.8, 4) is 0 Å². The Morgan fingerprint density at radius 2 is 2.11 bits per heavy atom. The molecule has 1 aliphatic heterocycles. The molecule has 7 heteroatoms. The number of likely N-dealkylation sites (tertiary alicyclic amines) is 1. The molecule has 0 spiro atoms. The van der Waals surface area contributed by atoms with Crippen molar-refractivity contribution in [3.63, 3.8) is 0 Å². The lowest BCUT2D eigenvalue weighted by atomic mass is 10.2. The second-order valence-corrected chi connectivity index (χ2v) is 4.52. The van der Waals surface area contributed by atoms with Gasteiger partial charge in [0.15, 0.2) is 5.69 Å². The van der Waals surface area contributed by atoms with Crippen LogP contribution < -0.4 is 0 Å². The van der Waals surface area contributed by atoms with Crippen molar-refractivity contribution in [1.29, 1.82) is 0 Å². The molecule has 1 aliphatic rings. The first-order valence-corrected chi connectivity index (χ1v) is 6.45. The first-order chi connectivity index (χ1) is 9.17. The first kappa shape index (κ1) is 13.5. The molecule has 1 saturated heterocycles. The Balaban J connectivity index is 2.16. The zero-order chi connectivity index (χ0) is 13.8.